The average molecular weight is 201 g/mol. The molecule has 1 aromatic carbocycles. The van der Waals surface area contributed by atoms with Gasteiger partial charge in [0.05, 0.1) is 11.6 Å². The highest BCUT2D eigenvalue weighted by Gasteiger charge is 2.34. The smallest absolute Gasteiger partial charge is 0.180 e. The SMILES string of the molecule is CC1(C)Oc2ccc(C#N)cc2CC1=O. The molecule has 1 heterocycles. The lowest BCUT2D eigenvalue weighted by molar-refractivity contribution is -0.132. The van der Waals surface area contributed by atoms with Crippen LogP contribution in [-0.4, -0.2) is 11.4 Å². The summed E-state index contributed by atoms with van der Waals surface area (Å²) in [5, 5.41) is 8.73. The molecule has 0 fully saturated rings. The number of nitrogens with zero attached hydrogens (tertiary/aromatic N) is 1. The monoisotopic (exact) mass is 201 g/mol. The number of hydrogen-bond donors (Lipinski definition) is 0. The molecule has 0 bridgehead atoms. The van der Waals surface area contributed by atoms with Gasteiger partial charge in [0.2, 0.25) is 0 Å². The maximum atomic E-state index is 11.7. The highest BCUT2D eigenvalue weighted by molar-refractivity contribution is 5.90. The topological polar surface area (TPSA) is 50.1 Å². The molecule has 3 heteroatoms. The Morgan fingerprint density at radius 1 is 1.47 bits per heavy atom. The molecular formula is C12H11NO2. The predicted molar refractivity (Wildman–Crippen MR) is 54.6 cm³/mol. The van der Waals surface area contributed by atoms with Crippen molar-refractivity contribution in [2.45, 2.75) is 25.9 Å². The van der Waals surface area contributed by atoms with E-state index in [9.17, 15) is 4.79 Å². The summed E-state index contributed by atoms with van der Waals surface area (Å²) >= 11 is 0. The molecule has 15 heavy (non-hydrogen) atoms. The lowest BCUT2D eigenvalue weighted by atomic mass is 9.92. The minimum atomic E-state index is -0.749. The molecule has 1 aromatic rings. The molecule has 0 saturated carbocycles. The second kappa shape index (κ2) is 3.09. The molecule has 0 N–H and O–H groups in total. The van der Waals surface area contributed by atoms with Crippen molar-refractivity contribution in [3.8, 4) is 11.8 Å². The number of Topliss-reactive ketones (excluding diaryl/α,β-unsaturated/α-hetero) is 1. The third-order valence-corrected chi connectivity index (χ3v) is 2.58. The maximum Gasteiger partial charge on any atom is 0.180 e. The number of carbonyl (C=O) groups is 1. The average Bonchev–Trinajstić information content (AvgIpc) is 2.19. The predicted octanol–water partition coefficient (Wildman–Crippen LogP) is 1.84. The van der Waals surface area contributed by atoms with Crippen molar-refractivity contribution in [2.24, 2.45) is 0 Å². The van der Waals surface area contributed by atoms with E-state index in [1.54, 1.807) is 32.0 Å². The van der Waals surface area contributed by atoms with E-state index in [0.717, 1.165) is 5.56 Å². The molecule has 0 unspecified atom stereocenters. The minimum Gasteiger partial charge on any atom is -0.480 e. The van der Waals surface area contributed by atoms with Crippen LogP contribution in [0.5, 0.6) is 5.75 Å². The van der Waals surface area contributed by atoms with E-state index < -0.39 is 5.60 Å². The number of rotatable bonds is 0. The van der Waals surface area contributed by atoms with E-state index in [1.165, 1.54) is 0 Å². The van der Waals surface area contributed by atoms with Crippen LogP contribution in [0.25, 0.3) is 0 Å². The number of ketones is 1. The van der Waals surface area contributed by atoms with Gasteiger partial charge in [-0.2, -0.15) is 5.26 Å². The summed E-state index contributed by atoms with van der Waals surface area (Å²) in [6.07, 6.45) is 0.345. The molecule has 2 rings (SSSR count). The molecule has 0 aromatic heterocycles. The molecule has 3 nitrogen and oxygen atoms in total. The zero-order chi connectivity index (χ0) is 11.1. The number of nitriles is 1. The summed E-state index contributed by atoms with van der Waals surface area (Å²) in [5.41, 5.74) is 0.615. The van der Waals surface area contributed by atoms with E-state index in [4.69, 9.17) is 10.00 Å². The van der Waals surface area contributed by atoms with E-state index in [1.807, 2.05) is 6.07 Å². The van der Waals surface area contributed by atoms with E-state index >= 15 is 0 Å². The van der Waals surface area contributed by atoms with Crippen molar-refractivity contribution in [1.29, 1.82) is 5.26 Å². The van der Waals surface area contributed by atoms with Crippen LogP contribution in [0, 0.1) is 11.3 Å². The number of fused-ring (bicyclic) bond motifs is 1. The van der Waals surface area contributed by atoms with Crippen molar-refractivity contribution in [1.82, 2.24) is 0 Å². The van der Waals surface area contributed by atoms with Gasteiger partial charge in [-0.1, -0.05) is 0 Å². The fourth-order valence-corrected chi connectivity index (χ4v) is 1.60. The first-order valence-corrected chi connectivity index (χ1v) is 4.78. The van der Waals surface area contributed by atoms with E-state index in [-0.39, 0.29) is 5.78 Å². The van der Waals surface area contributed by atoms with Crippen molar-refractivity contribution < 1.29 is 9.53 Å². The molecule has 0 saturated heterocycles. The van der Waals surface area contributed by atoms with Crippen molar-refractivity contribution in [3.05, 3.63) is 29.3 Å². The number of hydrogen-bond acceptors (Lipinski definition) is 3. The quantitative estimate of drug-likeness (QED) is 0.643. The lowest BCUT2D eigenvalue weighted by Crippen LogP contribution is -2.42. The van der Waals surface area contributed by atoms with Crippen molar-refractivity contribution in [3.63, 3.8) is 0 Å². The molecule has 76 valence electrons. The Hall–Kier alpha value is -1.82. The Balaban J connectivity index is 2.46. The van der Waals surface area contributed by atoms with Gasteiger partial charge in [-0.3, -0.25) is 4.79 Å². The summed E-state index contributed by atoms with van der Waals surface area (Å²) in [6, 6.07) is 7.21. The van der Waals surface area contributed by atoms with Crippen LogP contribution in [0.2, 0.25) is 0 Å². The molecule has 0 radical (unpaired) electrons. The Bertz CT molecular complexity index is 469. The van der Waals surface area contributed by atoms with Crippen LogP contribution in [0.4, 0.5) is 0 Å². The number of carbonyl (C=O) groups excluding carboxylic acids is 1. The van der Waals surface area contributed by atoms with Crippen LogP contribution >= 0.6 is 0 Å². The summed E-state index contributed by atoms with van der Waals surface area (Å²) in [4.78, 5) is 11.7. The van der Waals surface area contributed by atoms with Gasteiger partial charge in [0, 0.05) is 12.0 Å². The van der Waals surface area contributed by atoms with Crippen LogP contribution in [0.15, 0.2) is 18.2 Å². The van der Waals surface area contributed by atoms with Gasteiger partial charge in [-0.15, -0.1) is 0 Å². The third-order valence-electron chi connectivity index (χ3n) is 2.58. The first-order valence-electron chi connectivity index (χ1n) is 4.78. The Morgan fingerprint density at radius 2 is 2.20 bits per heavy atom. The van der Waals surface area contributed by atoms with Crippen molar-refractivity contribution in [2.75, 3.05) is 0 Å². The first kappa shape index (κ1) is 9.72. The summed E-state index contributed by atoms with van der Waals surface area (Å²) in [5.74, 6) is 0.753. The first-order chi connectivity index (χ1) is 7.03. The van der Waals surface area contributed by atoms with Crippen LogP contribution in [-0.2, 0) is 11.2 Å². The maximum absolute atomic E-state index is 11.7. The van der Waals surface area contributed by atoms with E-state index in [2.05, 4.69) is 0 Å². The zero-order valence-electron chi connectivity index (χ0n) is 8.70. The fraction of sp³-hybridized carbons (Fsp3) is 0.333. The van der Waals surface area contributed by atoms with Gasteiger partial charge in [0.25, 0.3) is 0 Å². The summed E-state index contributed by atoms with van der Waals surface area (Å²) in [6.45, 7) is 3.52. The number of benzene rings is 1. The van der Waals surface area contributed by atoms with Crippen LogP contribution in [0.1, 0.15) is 25.0 Å². The van der Waals surface area contributed by atoms with Crippen LogP contribution < -0.4 is 4.74 Å². The van der Waals surface area contributed by atoms with E-state index in [0.29, 0.717) is 17.7 Å². The molecule has 0 atom stereocenters. The molecule has 1 aliphatic rings. The normalized spacial score (nSPS) is 17.5. The second-order valence-corrected chi connectivity index (χ2v) is 4.15. The standard InChI is InChI=1S/C12H11NO2/c1-12(2)11(14)6-9-5-8(7-13)3-4-10(9)15-12/h3-5H,6H2,1-2H3. The highest BCUT2D eigenvalue weighted by atomic mass is 16.5. The van der Waals surface area contributed by atoms with Gasteiger partial charge in [0.1, 0.15) is 5.75 Å². The molecule has 0 spiro atoms. The molecular weight excluding hydrogens is 190 g/mol. The number of ether oxygens (including phenoxy) is 1. The summed E-state index contributed by atoms with van der Waals surface area (Å²) < 4.78 is 5.57. The lowest BCUT2D eigenvalue weighted by Gasteiger charge is -2.31. The summed E-state index contributed by atoms with van der Waals surface area (Å²) in [7, 11) is 0. The van der Waals surface area contributed by atoms with Gasteiger partial charge >= 0.3 is 0 Å². The Labute approximate surface area is 88.3 Å². The Kier molecular flexibility index (Phi) is 2.01. The second-order valence-electron chi connectivity index (χ2n) is 4.15. The molecule has 0 amide bonds. The van der Waals surface area contributed by atoms with Gasteiger partial charge < -0.3 is 4.74 Å². The minimum absolute atomic E-state index is 0.0464. The van der Waals surface area contributed by atoms with Crippen molar-refractivity contribution >= 4 is 5.78 Å². The Morgan fingerprint density at radius 3 is 2.87 bits per heavy atom. The van der Waals surface area contributed by atoms with Crippen LogP contribution in [0.3, 0.4) is 0 Å². The molecule has 0 aliphatic carbocycles. The van der Waals surface area contributed by atoms with Gasteiger partial charge in [0.15, 0.2) is 11.4 Å². The third kappa shape index (κ3) is 1.59. The van der Waals surface area contributed by atoms with Gasteiger partial charge in [-0.05, 0) is 32.0 Å². The highest BCUT2D eigenvalue weighted by Crippen LogP contribution is 2.31. The molecule has 1 aliphatic heterocycles. The fourth-order valence-electron chi connectivity index (χ4n) is 1.60. The largest absolute Gasteiger partial charge is 0.480 e. The zero-order valence-corrected chi connectivity index (χ0v) is 8.70. The van der Waals surface area contributed by atoms with Gasteiger partial charge in [-0.25, -0.2) is 0 Å².